The number of hydrogen-bond acceptors (Lipinski definition) is 1. The second-order valence-corrected chi connectivity index (χ2v) is 11.4. The van der Waals surface area contributed by atoms with Gasteiger partial charge in [0.05, 0.1) is 11.0 Å². The summed E-state index contributed by atoms with van der Waals surface area (Å²) >= 11 is 0. The molecule has 0 saturated heterocycles. The van der Waals surface area contributed by atoms with Gasteiger partial charge in [0, 0.05) is 27.2 Å². The first-order chi connectivity index (χ1) is 21.3. The third kappa shape index (κ3) is 3.88. The zero-order valence-electron chi connectivity index (χ0n) is 23.5. The van der Waals surface area contributed by atoms with Crippen LogP contribution in [0.1, 0.15) is 11.1 Å². The molecule has 0 atom stereocenters. The summed E-state index contributed by atoms with van der Waals surface area (Å²) in [5, 5.41) is 7.38. The molecule has 0 saturated carbocycles. The third-order valence-corrected chi connectivity index (χ3v) is 8.82. The van der Waals surface area contributed by atoms with Gasteiger partial charge in [-0.1, -0.05) is 115 Å². The predicted molar refractivity (Wildman–Crippen MR) is 180 cm³/mol. The van der Waals surface area contributed by atoms with Gasteiger partial charge in [0.1, 0.15) is 11.2 Å². The fourth-order valence-electron chi connectivity index (χ4n) is 6.77. The molecule has 2 nitrogen and oxygen atoms in total. The molecule has 2 heteroatoms. The Morgan fingerprint density at radius 3 is 1.91 bits per heavy atom. The molecule has 0 aliphatic heterocycles. The van der Waals surface area contributed by atoms with Crippen molar-refractivity contribution < 1.29 is 4.42 Å². The van der Waals surface area contributed by atoms with E-state index < -0.39 is 0 Å². The van der Waals surface area contributed by atoms with Crippen LogP contribution in [-0.4, -0.2) is 4.57 Å². The summed E-state index contributed by atoms with van der Waals surface area (Å²) in [6.45, 7) is 0. The zero-order chi connectivity index (χ0) is 28.3. The Kier molecular flexibility index (Phi) is 5.30. The zero-order valence-corrected chi connectivity index (χ0v) is 23.5. The minimum atomic E-state index is 0.857. The van der Waals surface area contributed by atoms with E-state index in [0.29, 0.717) is 0 Å². The summed E-state index contributed by atoms with van der Waals surface area (Å²) in [6.07, 6.45) is 0.857. The highest BCUT2D eigenvalue weighted by Gasteiger charge is 2.14. The maximum absolute atomic E-state index is 6.39. The van der Waals surface area contributed by atoms with Crippen LogP contribution >= 0.6 is 0 Å². The lowest BCUT2D eigenvalue weighted by atomic mass is 9.96. The van der Waals surface area contributed by atoms with Crippen molar-refractivity contribution in [1.29, 1.82) is 0 Å². The Hall–Kier alpha value is -5.60. The van der Waals surface area contributed by atoms with E-state index in [1.807, 2.05) is 0 Å². The van der Waals surface area contributed by atoms with Gasteiger partial charge >= 0.3 is 0 Å². The molecule has 43 heavy (non-hydrogen) atoms. The standard InChI is InChI=1S/C41H27NO/c1-2-10-32-29(8-1)9-7-13-33(32)30-19-16-27(17-20-30)24-28-18-22-36-37-26-31(21-23-40(37)43-41(36)25-28)42-38-14-5-3-11-34(38)35-12-4-6-15-39(35)42/h1-23,25-26H,24H2. The molecule has 0 radical (unpaired) electrons. The Morgan fingerprint density at radius 1 is 0.442 bits per heavy atom. The van der Waals surface area contributed by atoms with E-state index in [9.17, 15) is 0 Å². The lowest BCUT2D eigenvalue weighted by Crippen LogP contribution is -1.93. The minimum Gasteiger partial charge on any atom is -0.456 e. The molecule has 2 aromatic heterocycles. The molecule has 0 fully saturated rings. The molecule has 7 aromatic carbocycles. The van der Waals surface area contributed by atoms with E-state index in [2.05, 4.69) is 156 Å². The van der Waals surface area contributed by atoms with Crippen LogP contribution in [0.2, 0.25) is 0 Å². The van der Waals surface area contributed by atoms with Crippen LogP contribution in [-0.2, 0) is 6.42 Å². The van der Waals surface area contributed by atoms with Gasteiger partial charge in [-0.25, -0.2) is 0 Å². The molecule has 0 unspecified atom stereocenters. The van der Waals surface area contributed by atoms with E-state index >= 15 is 0 Å². The second kappa shape index (κ2) is 9.47. The first-order valence-corrected chi connectivity index (χ1v) is 14.8. The van der Waals surface area contributed by atoms with Crippen LogP contribution in [0.4, 0.5) is 0 Å². The van der Waals surface area contributed by atoms with E-state index in [-0.39, 0.29) is 0 Å². The van der Waals surface area contributed by atoms with E-state index in [1.54, 1.807) is 0 Å². The highest BCUT2D eigenvalue weighted by atomic mass is 16.3. The molecule has 9 aromatic rings. The fraction of sp³-hybridized carbons (Fsp3) is 0.0244. The van der Waals surface area contributed by atoms with Crippen LogP contribution in [0.3, 0.4) is 0 Å². The molecule has 9 rings (SSSR count). The van der Waals surface area contributed by atoms with Crippen LogP contribution in [0.25, 0.3) is 71.3 Å². The number of para-hydroxylation sites is 2. The highest BCUT2D eigenvalue weighted by Crippen LogP contribution is 2.36. The monoisotopic (exact) mass is 549 g/mol. The van der Waals surface area contributed by atoms with Crippen molar-refractivity contribution in [3.8, 4) is 16.8 Å². The number of fused-ring (bicyclic) bond motifs is 7. The summed E-state index contributed by atoms with van der Waals surface area (Å²) < 4.78 is 8.75. The summed E-state index contributed by atoms with van der Waals surface area (Å²) in [5.41, 5.74) is 10.5. The van der Waals surface area contributed by atoms with Gasteiger partial charge in [0.2, 0.25) is 0 Å². The summed E-state index contributed by atoms with van der Waals surface area (Å²) in [4.78, 5) is 0. The first kappa shape index (κ1) is 24.0. The maximum atomic E-state index is 6.39. The number of aromatic nitrogens is 1. The van der Waals surface area contributed by atoms with Gasteiger partial charge in [-0.3, -0.25) is 0 Å². The van der Waals surface area contributed by atoms with Gasteiger partial charge < -0.3 is 8.98 Å². The Balaban J connectivity index is 1.06. The predicted octanol–water partition coefficient (Wildman–Crippen LogP) is 11.1. The summed E-state index contributed by atoms with van der Waals surface area (Å²) in [5.74, 6) is 0. The highest BCUT2D eigenvalue weighted by molar-refractivity contribution is 6.10. The molecule has 0 spiro atoms. The average molecular weight is 550 g/mol. The van der Waals surface area contributed by atoms with Gasteiger partial charge in [-0.2, -0.15) is 0 Å². The topological polar surface area (TPSA) is 18.1 Å². The largest absolute Gasteiger partial charge is 0.456 e. The van der Waals surface area contributed by atoms with E-state index in [0.717, 1.165) is 34.0 Å². The lowest BCUT2D eigenvalue weighted by molar-refractivity contribution is 0.668. The average Bonchev–Trinajstić information content (AvgIpc) is 3.60. The van der Waals surface area contributed by atoms with E-state index in [1.165, 1.54) is 54.8 Å². The number of nitrogens with zero attached hydrogens (tertiary/aromatic N) is 1. The Bertz CT molecular complexity index is 2420. The normalized spacial score (nSPS) is 11.8. The second-order valence-electron chi connectivity index (χ2n) is 11.4. The van der Waals surface area contributed by atoms with Gasteiger partial charge in [0.15, 0.2) is 0 Å². The molecular formula is C41H27NO. The maximum Gasteiger partial charge on any atom is 0.135 e. The Labute approximate surface area is 249 Å². The molecular weight excluding hydrogens is 522 g/mol. The quantitative estimate of drug-likeness (QED) is 0.213. The van der Waals surface area contributed by atoms with E-state index in [4.69, 9.17) is 4.42 Å². The molecule has 0 N–H and O–H groups in total. The van der Waals surface area contributed by atoms with Crippen molar-refractivity contribution in [2.75, 3.05) is 0 Å². The van der Waals surface area contributed by atoms with Crippen molar-refractivity contribution >= 4 is 54.5 Å². The molecule has 2 heterocycles. The molecule has 0 aliphatic rings. The third-order valence-electron chi connectivity index (χ3n) is 8.82. The number of rotatable bonds is 4. The van der Waals surface area contributed by atoms with Crippen molar-refractivity contribution in [1.82, 2.24) is 4.57 Å². The van der Waals surface area contributed by atoms with Crippen molar-refractivity contribution in [3.05, 3.63) is 163 Å². The number of benzene rings is 7. The summed E-state index contributed by atoms with van der Waals surface area (Å²) in [7, 11) is 0. The number of hydrogen-bond donors (Lipinski definition) is 0. The number of furan rings is 1. The van der Waals surface area contributed by atoms with Crippen LogP contribution in [0, 0.1) is 0 Å². The van der Waals surface area contributed by atoms with Crippen LogP contribution in [0.5, 0.6) is 0 Å². The van der Waals surface area contributed by atoms with Gasteiger partial charge in [-0.15, -0.1) is 0 Å². The minimum absolute atomic E-state index is 0.857. The molecule has 202 valence electrons. The van der Waals surface area contributed by atoms with Crippen LogP contribution in [0.15, 0.2) is 156 Å². The van der Waals surface area contributed by atoms with Crippen molar-refractivity contribution in [2.24, 2.45) is 0 Å². The SMILES string of the molecule is c1ccc2c(-c3ccc(Cc4ccc5c(c4)oc4ccc(-n6c7ccccc7c7ccccc76)cc45)cc3)cccc2c1. The summed E-state index contributed by atoms with van der Waals surface area (Å²) in [6, 6.07) is 54.6. The van der Waals surface area contributed by atoms with Crippen molar-refractivity contribution in [2.45, 2.75) is 6.42 Å². The fourth-order valence-corrected chi connectivity index (χ4v) is 6.77. The van der Waals surface area contributed by atoms with Crippen LogP contribution < -0.4 is 0 Å². The Morgan fingerprint density at radius 2 is 1.12 bits per heavy atom. The lowest BCUT2D eigenvalue weighted by Gasteiger charge is -2.08. The first-order valence-electron chi connectivity index (χ1n) is 14.8. The molecule has 0 bridgehead atoms. The molecule has 0 amide bonds. The van der Waals surface area contributed by atoms with Crippen molar-refractivity contribution in [3.63, 3.8) is 0 Å². The smallest absolute Gasteiger partial charge is 0.135 e. The van der Waals surface area contributed by atoms with Gasteiger partial charge in [-0.05, 0) is 75.8 Å². The van der Waals surface area contributed by atoms with Gasteiger partial charge in [0.25, 0.3) is 0 Å². The molecule has 0 aliphatic carbocycles.